The normalized spacial score (nSPS) is 19.1. The molecule has 1 aliphatic rings. The molecular weight excluding hydrogens is 188 g/mol. The summed E-state index contributed by atoms with van der Waals surface area (Å²) in [5, 5.41) is 0. The molecule has 1 aromatic rings. The number of hydrogen-bond donors (Lipinski definition) is 0. The Bertz CT molecular complexity index is 419. The molecule has 0 saturated carbocycles. The summed E-state index contributed by atoms with van der Waals surface area (Å²) >= 11 is 0. The van der Waals surface area contributed by atoms with Gasteiger partial charge in [0, 0.05) is 12.7 Å². The third-order valence-corrected chi connectivity index (χ3v) is 2.75. The largest absolute Gasteiger partial charge is 0.369 e. The van der Waals surface area contributed by atoms with E-state index in [-0.39, 0.29) is 5.78 Å². The zero-order chi connectivity index (χ0) is 10.8. The summed E-state index contributed by atoms with van der Waals surface area (Å²) in [6.45, 7) is 2.11. The maximum absolute atomic E-state index is 11.9. The highest BCUT2D eigenvalue weighted by Gasteiger charge is 2.22. The summed E-state index contributed by atoms with van der Waals surface area (Å²) in [6, 6.07) is 5.96. The van der Waals surface area contributed by atoms with Crippen LogP contribution in [0.4, 0.5) is 0 Å². The number of ketones is 1. The molecule has 0 fully saturated rings. The third-order valence-electron chi connectivity index (χ3n) is 2.75. The van der Waals surface area contributed by atoms with Gasteiger partial charge in [-0.2, -0.15) is 0 Å². The van der Waals surface area contributed by atoms with Gasteiger partial charge in [0.05, 0.1) is 0 Å². The highest BCUT2D eigenvalue weighted by molar-refractivity contribution is 6.06. The second kappa shape index (κ2) is 3.99. The van der Waals surface area contributed by atoms with E-state index < -0.39 is 6.10 Å². The Kier molecular flexibility index (Phi) is 2.69. The van der Waals surface area contributed by atoms with Crippen molar-refractivity contribution >= 4 is 11.9 Å². The number of aryl methyl sites for hydroxylation is 1. The van der Waals surface area contributed by atoms with Crippen molar-refractivity contribution in [3.05, 3.63) is 41.0 Å². The number of ether oxygens (including phenoxy) is 1. The molecule has 0 aromatic heterocycles. The van der Waals surface area contributed by atoms with Crippen molar-refractivity contribution in [2.45, 2.75) is 19.4 Å². The lowest BCUT2D eigenvalue weighted by Crippen LogP contribution is -2.24. The predicted octanol–water partition coefficient (Wildman–Crippen LogP) is 2.47. The van der Waals surface area contributed by atoms with E-state index in [1.165, 1.54) is 5.56 Å². The topological polar surface area (TPSA) is 26.3 Å². The van der Waals surface area contributed by atoms with Crippen molar-refractivity contribution in [1.29, 1.82) is 0 Å². The summed E-state index contributed by atoms with van der Waals surface area (Å²) in [6.07, 6.45) is 4.35. The van der Waals surface area contributed by atoms with Gasteiger partial charge in [0.25, 0.3) is 0 Å². The first-order valence-corrected chi connectivity index (χ1v) is 5.14. The van der Waals surface area contributed by atoms with Gasteiger partial charge in [-0.25, -0.2) is 0 Å². The molecule has 0 heterocycles. The molecule has 0 unspecified atom stereocenters. The summed E-state index contributed by atoms with van der Waals surface area (Å²) in [5.74, 6) is 0.0534. The van der Waals surface area contributed by atoms with E-state index in [1.54, 1.807) is 7.11 Å². The second-order valence-electron chi connectivity index (χ2n) is 3.65. The standard InChI is InChI=1S/C13H14O2/c1-3-9-4-6-11-10(8-9)5-7-12(15-2)13(11)14/h4-8,12H,3H2,1-2H3/t12-/m0/s1. The van der Waals surface area contributed by atoms with Crippen molar-refractivity contribution in [3.63, 3.8) is 0 Å². The van der Waals surface area contributed by atoms with Crippen molar-refractivity contribution in [2.24, 2.45) is 0 Å². The van der Waals surface area contributed by atoms with Gasteiger partial charge in [-0.15, -0.1) is 0 Å². The molecule has 78 valence electrons. The van der Waals surface area contributed by atoms with Crippen LogP contribution in [0.2, 0.25) is 0 Å². The van der Waals surface area contributed by atoms with Crippen LogP contribution in [0.3, 0.4) is 0 Å². The van der Waals surface area contributed by atoms with Crippen molar-refractivity contribution in [1.82, 2.24) is 0 Å². The first-order valence-electron chi connectivity index (χ1n) is 5.14. The lowest BCUT2D eigenvalue weighted by atomic mass is 9.92. The molecule has 0 saturated heterocycles. The van der Waals surface area contributed by atoms with E-state index in [0.717, 1.165) is 17.5 Å². The summed E-state index contributed by atoms with van der Waals surface area (Å²) in [7, 11) is 1.55. The maximum Gasteiger partial charge on any atom is 0.196 e. The van der Waals surface area contributed by atoms with Crippen LogP contribution >= 0.6 is 0 Å². The zero-order valence-corrected chi connectivity index (χ0v) is 8.99. The SMILES string of the molecule is CCc1ccc2c(c1)C=C[C@H](OC)C2=O. The van der Waals surface area contributed by atoms with Crippen molar-refractivity contribution in [3.8, 4) is 0 Å². The number of carbonyl (C=O) groups excluding carboxylic acids is 1. The van der Waals surface area contributed by atoms with Crippen LogP contribution < -0.4 is 0 Å². The minimum Gasteiger partial charge on any atom is -0.369 e. The Morgan fingerprint density at radius 1 is 1.40 bits per heavy atom. The number of carbonyl (C=O) groups is 1. The molecule has 15 heavy (non-hydrogen) atoms. The van der Waals surface area contributed by atoms with Crippen LogP contribution in [-0.2, 0) is 11.2 Å². The van der Waals surface area contributed by atoms with Gasteiger partial charge in [-0.05, 0) is 23.6 Å². The molecule has 0 bridgehead atoms. The van der Waals surface area contributed by atoms with Crippen molar-refractivity contribution < 1.29 is 9.53 Å². The highest BCUT2D eigenvalue weighted by atomic mass is 16.5. The number of hydrogen-bond acceptors (Lipinski definition) is 2. The Labute approximate surface area is 89.6 Å². The van der Waals surface area contributed by atoms with Crippen LogP contribution in [0.5, 0.6) is 0 Å². The van der Waals surface area contributed by atoms with Gasteiger partial charge in [0.1, 0.15) is 6.10 Å². The highest BCUT2D eigenvalue weighted by Crippen LogP contribution is 2.22. The number of fused-ring (bicyclic) bond motifs is 1. The predicted molar refractivity (Wildman–Crippen MR) is 60.0 cm³/mol. The molecule has 1 aromatic carbocycles. The van der Waals surface area contributed by atoms with E-state index in [4.69, 9.17) is 4.74 Å². The summed E-state index contributed by atoms with van der Waals surface area (Å²) < 4.78 is 5.08. The fourth-order valence-electron chi connectivity index (χ4n) is 1.81. The smallest absolute Gasteiger partial charge is 0.196 e. The molecular formula is C13H14O2. The van der Waals surface area contributed by atoms with Crippen LogP contribution in [0, 0.1) is 0 Å². The fraction of sp³-hybridized carbons (Fsp3) is 0.308. The quantitative estimate of drug-likeness (QED) is 0.736. The molecule has 0 spiro atoms. The summed E-state index contributed by atoms with van der Waals surface area (Å²) in [4.78, 5) is 11.9. The molecule has 1 aliphatic carbocycles. The van der Waals surface area contributed by atoms with Crippen LogP contribution in [0.15, 0.2) is 24.3 Å². The van der Waals surface area contributed by atoms with Crippen LogP contribution in [-0.4, -0.2) is 19.0 Å². The minimum absolute atomic E-state index is 0.0534. The van der Waals surface area contributed by atoms with Gasteiger partial charge < -0.3 is 4.74 Å². The fourth-order valence-corrected chi connectivity index (χ4v) is 1.81. The molecule has 0 N–H and O–H groups in total. The van der Waals surface area contributed by atoms with Gasteiger partial charge >= 0.3 is 0 Å². The van der Waals surface area contributed by atoms with Gasteiger partial charge in [0.2, 0.25) is 0 Å². The molecule has 0 aliphatic heterocycles. The molecule has 2 rings (SSSR count). The van der Waals surface area contributed by atoms with Crippen LogP contribution in [0.1, 0.15) is 28.4 Å². The Balaban J connectivity index is 2.45. The molecule has 2 nitrogen and oxygen atoms in total. The first-order chi connectivity index (χ1) is 7.26. The third kappa shape index (κ3) is 1.73. The van der Waals surface area contributed by atoms with E-state index in [0.29, 0.717) is 0 Å². The monoisotopic (exact) mass is 202 g/mol. The van der Waals surface area contributed by atoms with Gasteiger partial charge in [-0.1, -0.05) is 31.2 Å². The number of methoxy groups -OCH3 is 1. The lowest BCUT2D eigenvalue weighted by molar-refractivity contribution is 0.0717. The van der Waals surface area contributed by atoms with E-state index in [1.807, 2.05) is 24.3 Å². The molecule has 0 radical (unpaired) electrons. The van der Waals surface area contributed by atoms with Crippen molar-refractivity contribution in [2.75, 3.05) is 7.11 Å². The zero-order valence-electron chi connectivity index (χ0n) is 8.99. The average molecular weight is 202 g/mol. The first kappa shape index (κ1) is 10.1. The molecule has 1 atom stereocenters. The maximum atomic E-state index is 11.9. The van der Waals surface area contributed by atoms with Gasteiger partial charge in [0.15, 0.2) is 5.78 Å². The Hall–Kier alpha value is -1.41. The molecule has 0 amide bonds. The minimum atomic E-state index is -0.412. The Morgan fingerprint density at radius 3 is 2.87 bits per heavy atom. The summed E-state index contributed by atoms with van der Waals surface area (Å²) in [5.41, 5.74) is 3.02. The number of rotatable bonds is 2. The lowest BCUT2D eigenvalue weighted by Gasteiger charge is -2.17. The van der Waals surface area contributed by atoms with Crippen LogP contribution in [0.25, 0.3) is 6.08 Å². The average Bonchev–Trinajstić information content (AvgIpc) is 2.29. The van der Waals surface area contributed by atoms with E-state index in [2.05, 4.69) is 13.0 Å². The molecule has 2 heteroatoms. The second-order valence-corrected chi connectivity index (χ2v) is 3.65. The van der Waals surface area contributed by atoms with Gasteiger partial charge in [-0.3, -0.25) is 4.79 Å². The Morgan fingerprint density at radius 2 is 2.20 bits per heavy atom. The number of benzene rings is 1. The number of Topliss-reactive ketones (excluding diaryl/α,β-unsaturated/α-hetero) is 1. The van der Waals surface area contributed by atoms with E-state index in [9.17, 15) is 4.79 Å². The van der Waals surface area contributed by atoms with E-state index >= 15 is 0 Å².